The lowest BCUT2D eigenvalue weighted by molar-refractivity contribution is -0.116. The van der Waals surface area contributed by atoms with Gasteiger partial charge in [0.1, 0.15) is 0 Å². The van der Waals surface area contributed by atoms with Crippen LogP contribution in [-0.2, 0) is 11.3 Å². The molecular weight excluding hydrogens is 352 g/mol. The molecule has 0 heterocycles. The van der Waals surface area contributed by atoms with Crippen molar-refractivity contribution in [3.05, 3.63) is 29.8 Å². The first kappa shape index (κ1) is 24.0. The second kappa shape index (κ2) is 14.0. The van der Waals surface area contributed by atoms with Crippen molar-refractivity contribution >= 4 is 17.6 Å². The van der Waals surface area contributed by atoms with E-state index in [9.17, 15) is 9.90 Å². The smallest absolute Gasteiger partial charge is 0.224 e. The molecule has 1 rings (SSSR count). The summed E-state index contributed by atoms with van der Waals surface area (Å²) in [6, 6.07) is 7.81. The van der Waals surface area contributed by atoms with E-state index in [1.54, 1.807) is 0 Å². The van der Waals surface area contributed by atoms with Crippen LogP contribution >= 0.6 is 0 Å². The van der Waals surface area contributed by atoms with Crippen LogP contribution in [0.1, 0.15) is 58.9 Å². The molecule has 0 radical (unpaired) electrons. The molecule has 6 nitrogen and oxygen atoms in total. The Morgan fingerprint density at radius 2 is 1.86 bits per heavy atom. The maximum Gasteiger partial charge on any atom is 0.224 e. The molecule has 0 saturated heterocycles. The minimum atomic E-state index is 0.0470. The van der Waals surface area contributed by atoms with Gasteiger partial charge in [0.2, 0.25) is 5.91 Å². The van der Waals surface area contributed by atoms with Crippen molar-refractivity contribution in [3.8, 4) is 0 Å². The zero-order valence-corrected chi connectivity index (χ0v) is 17.9. The van der Waals surface area contributed by atoms with Gasteiger partial charge in [0.05, 0.1) is 6.54 Å². The Labute approximate surface area is 170 Å². The van der Waals surface area contributed by atoms with E-state index in [2.05, 4.69) is 34.8 Å². The number of aliphatic imine (C=N–C) groups is 1. The number of nitrogens with zero attached hydrogens (tertiary/aromatic N) is 1. The van der Waals surface area contributed by atoms with Crippen LogP contribution in [0.4, 0.5) is 5.69 Å². The summed E-state index contributed by atoms with van der Waals surface area (Å²) in [6.07, 6.45) is 3.26. The summed E-state index contributed by atoms with van der Waals surface area (Å²) >= 11 is 0. The third-order valence-electron chi connectivity index (χ3n) is 4.38. The quantitative estimate of drug-likeness (QED) is 0.325. The summed E-state index contributed by atoms with van der Waals surface area (Å²) in [5, 5.41) is 18.9. The van der Waals surface area contributed by atoms with Gasteiger partial charge >= 0.3 is 0 Å². The van der Waals surface area contributed by atoms with Gasteiger partial charge in [-0.25, -0.2) is 4.99 Å². The van der Waals surface area contributed by atoms with Crippen LogP contribution in [0.2, 0.25) is 0 Å². The van der Waals surface area contributed by atoms with E-state index >= 15 is 0 Å². The largest absolute Gasteiger partial charge is 0.396 e. The van der Waals surface area contributed by atoms with Gasteiger partial charge in [-0.2, -0.15) is 0 Å². The highest BCUT2D eigenvalue weighted by molar-refractivity contribution is 5.90. The van der Waals surface area contributed by atoms with Gasteiger partial charge < -0.3 is 21.1 Å². The molecule has 0 aliphatic rings. The summed E-state index contributed by atoms with van der Waals surface area (Å²) < 4.78 is 0. The number of aliphatic hydroxyl groups is 1. The highest BCUT2D eigenvalue weighted by atomic mass is 16.3. The number of hydrogen-bond acceptors (Lipinski definition) is 3. The Morgan fingerprint density at radius 3 is 2.43 bits per heavy atom. The predicted molar refractivity (Wildman–Crippen MR) is 117 cm³/mol. The average Bonchev–Trinajstić information content (AvgIpc) is 2.65. The van der Waals surface area contributed by atoms with E-state index in [1.165, 1.54) is 0 Å². The van der Waals surface area contributed by atoms with Gasteiger partial charge in [-0.3, -0.25) is 4.79 Å². The first-order valence-corrected chi connectivity index (χ1v) is 10.5. The molecule has 0 aliphatic heterocycles. The fourth-order valence-electron chi connectivity index (χ4n) is 3.05. The van der Waals surface area contributed by atoms with E-state index in [0.29, 0.717) is 24.8 Å². The van der Waals surface area contributed by atoms with Crippen molar-refractivity contribution in [2.24, 2.45) is 16.8 Å². The number of carbonyl (C=O) groups is 1. The van der Waals surface area contributed by atoms with Gasteiger partial charge in [-0.15, -0.1) is 0 Å². The number of guanidine groups is 1. The highest BCUT2D eigenvalue weighted by Crippen LogP contribution is 2.14. The first-order valence-electron chi connectivity index (χ1n) is 10.5. The van der Waals surface area contributed by atoms with Gasteiger partial charge in [0.25, 0.3) is 0 Å². The van der Waals surface area contributed by atoms with E-state index in [-0.39, 0.29) is 12.5 Å². The highest BCUT2D eigenvalue weighted by Gasteiger charge is 2.11. The van der Waals surface area contributed by atoms with Crippen LogP contribution in [0, 0.1) is 11.8 Å². The van der Waals surface area contributed by atoms with Gasteiger partial charge in [-0.05, 0) is 55.7 Å². The van der Waals surface area contributed by atoms with E-state index in [0.717, 1.165) is 49.6 Å². The molecule has 6 heteroatoms. The lowest BCUT2D eigenvalue weighted by Gasteiger charge is -2.20. The van der Waals surface area contributed by atoms with Crippen molar-refractivity contribution < 1.29 is 9.90 Å². The molecule has 0 aliphatic carbocycles. The molecule has 0 bridgehead atoms. The van der Waals surface area contributed by atoms with Crippen LogP contribution in [0.15, 0.2) is 29.3 Å². The Morgan fingerprint density at radius 1 is 1.14 bits per heavy atom. The topological polar surface area (TPSA) is 85.8 Å². The summed E-state index contributed by atoms with van der Waals surface area (Å²) in [4.78, 5) is 16.3. The van der Waals surface area contributed by atoms with Crippen LogP contribution in [-0.4, -0.2) is 36.7 Å². The maximum atomic E-state index is 11.7. The minimum absolute atomic E-state index is 0.0470. The summed E-state index contributed by atoms with van der Waals surface area (Å²) in [5.74, 6) is 1.87. The number of aliphatic hydroxyl groups excluding tert-OH is 1. The normalized spacial score (nSPS) is 12.7. The maximum absolute atomic E-state index is 11.7. The lowest BCUT2D eigenvalue weighted by Crippen LogP contribution is -2.40. The number of nitrogens with one attached hydrogen (secondary N) is 3. The summed E-state index contributed by atoms with van der Waals surface area (Å²) in [7, 11) is 0. The monoisotopic (exact) mass is 390 g/mol. The SMILES string of the molecule is CCCC(=O)Nc1ccc(CN=C(NCC)NCC(CCO)CC(C)C)cc1. The fraction of sp³-hybridized carbons (Fsp3) is 0.636. The molecule has 0 aromatic heterocycles. The zero-order chi connectivity index (χ0) is 20.8. The predicted octanol–water partition coefficient (Wildman–Crippen LogP) is 3.53. The number of benzene rings is 1. The number of carbonyl (C=O) groups excluding carboxylic acids is 1. The first-order chi connectivity index (χ1) is 13.5. The minimum Gasteiger partial charge on any atom is -0.396 e. The van der Waals surface area contributed by atoms with Crippen LogP contribution in [0.3, 0.4) is 0 Å². The number of anilines is 1. The molecule has 28 heavy (non-hydrogen) atoms. The second-order valence-electron chi connectivity index (χ2n) is 7.58. The molecule has 0 saturated carbocycles. The lowest BCUT2D eigenvalue weighted by atomic mass is 9.94. The second-order valence-corrected chi connectivity index (χ2v) is 7.58. The Bertz CT molecular complexity index is 585. The fourth-order valence-corrected chi connectivity index (χ4v) is 3.05. The zero-order valence-electron chi connectivity index (χ0n) is 17.9. The average molecular weight is 391 g/mol. The van der Waals surface area contributed by atoms with E-state index in [4.69, 9.17) is 0 Å². The number of hydrogen-bond donors (Lipinski definition) is 4. The van der Waals surface area contributed by atoms with Crippen molar-refractivity contribution in [1.82, 2.24) is 10.6 Å². The Balaban J connectivity index is 2.61. The molecule has 1 unspecified atom stereocenters. The molecule has 0 spiro atoms. The van der Waals surface area contributed by atoms with Gasteiger partial charge in [-0.1, -0.05) is 32.9 Å². The molecule has 158 valence electrons. The molecule has 1 aromatic rings. The molecule has 0 fully saturated rings. The van der Waals surface area contributed by atoms with Crippen molar-refractivity contribution in [3.63, 3.8) is 0 Å². The molecular formula is C22H38N4O2. The van der Waals surface area contributed by atoms with Crippen LogP contribution in [0.25, 0.3) is 0 Å². The van der Waals surface area contributed by atoms with Crippen molar-refractivity contribution in [2.45, 2.75) is 59.9 Å². The molecule has 1 amide bonds. The van der Waals surface area contributed by atoms with Gasteiger partial charge in [0.15, 0.2) is 5.96 Å². The number of rotatable bonds is 12. The Hall–Kier alpha value is -2.08. The van der Waals surface area contributed by atoms with Crippen LogP contribution < -0.4 is 16.0 Å². The van der Waals surface area contributed by atoms with Crippen molar-refractivity contribution in [2.75, 3.05) is 25.0 Å². The van der Waals surface area contributed by atoms with Crippen molar-refractivity contribution in [1.29, 1.82) is 0 Å². The molecule has 1 atom stereocenters. The Kier molecular flexibility index (Phi) is 12.0. The summed E-state index contributed by atoms with van der Waals surface area (Å²) in [6.45, 7) is 10.8. The van der Waals surface area contributed by atoms with Gasteiger partial charge in [0, 0.05) is 31.8 Å². The van der Waals surface area contributed by atoms with E-state index in [1.807, 2.05) is 38.1 Å². The summed E-state index contributed by atoms with van der Waals surface area (Å²) in [5.41, 5.74) is 1.90. The third kappa shape index (κ3) is 10.3. The van der Waals surface area contributed by atoms with E-state index < -0.39 is 0 Å². The third-order valence-corrected chi connectivity index (χ3v) is 4.38. The molecule has 1 aromatic carbocycles. The van der Waals surface area contributed by atoms with Crippen LogP contribution in [0.5, 0.6) is 0 Å². The molecule has 4 N–H and O–H groups in total. The number of amides is 1. The standard InChI is InChI=1S/C22H38N4O2/c1-5-7-21(28)26-20-10-8-18(9-11-20)15-24-22(23-6-2)25-16-19(12-13-27)14-17(3)4/h8-11,17,19,27H,5-7,12-16H2,1-4H3,(H,26,28)(H2,23,24,25).